The lowest BCUT2D eigenvalue weighted by Gasteiger charge is -2.09. The smallest absolute Gasteiger partial charge is 0.335 e. The molecule has 0 unspecified atom stereocenters. The van der Waals surface area contributed by atoms with E-state index >= 15 is 0 Å². The SMILES string of the molecule is CCCc1cc(C(=O)O)cc(NCCCNCC)n1. The van der Waals surface area contributed by atoms with Crippen molar-refractivity contribution < 1.29 is 9.90 Å². The van der Waals surface area contributed by atoms with Gasteiger partial charge in [0.2, 0.25) is 0 Å². The summed E-state index contributed by atoms with van der Waals surface area (Å²) in [5.74, 6) is -0.254. The van der Waals surface area contributed by atoms with E-state index < -0.39 is 5.97 Å². The molecule has 1 aromatic heterocycles. The van der Waals surface area contributed by atoms with E-state index in [4.69, 9.17) is 5.11 Å². The highest BCUT2D eigenvalue weighted by Gasteiger charge is 2.07. The third-order valence-electron chi connectivity index (χ3n) is 2.72. The zero-order valence-electron chi connectivity index (χ0n) is 11.7. The highest BCUT2D eigenvalue weighted by molar-refractivity contribution is 5.88. The average Bonchev–Trinajstić information content (AvgIpc) is 2.38. The number of aryl methyl sites for hydroxylation is 1. The van der Waals surface area contributed by atoms with Gasteiger partial charge in [0.05, 0.1) is 5.56 Å². The predicted octanol–water partition coefficient (Wildman–Crippen LogP) is 2.14. The number of aromatic nitrogens is 1. The van der Waals surface area contributed by atoms with Gasteiger partial charge in [0.1, 0.15) is 5.82 Å². The maximum Gasteiger partial charge on any atom is 0.335 e. The Morgan fingerprint density at radius 2 is 2.11 bits per heavy atom. The minimum Gasteiger partial charge on any atom is -0.478 e. The maximum absolute atomic E-state index is 11.1. The highest BCUT2D eigenvalue weighted by Crippen LogP contribution is 2.12. The number of rotatable bonds is 9. The first-order valence-corrected chi connectivity index (χ1v) is 6.86. The zero-order chi connectivity index (χ0) is 14.1. The fraction of sp³-hybridized carbons (Fsp3) is 0.571. The van der Waals surface area contributed by atoms with E-state index in [1.807, 2.05) is 0 Å². The third-order valence-corrected chi connectivity index (χ3v) is 2.72. The molecule has 1 heterocycles. The molecule has 0 saturated carbocycles. The van der Waals surface area contributed by atoms with Gasteiger partial charge in [0, 0.05) is 12.2 Å². The van der Waals surface area contributed by atoms with Crippen molar-refractivity contribution >= 4 is 11.8 Å². The first kappa shape index (κ1) is 15.4. The Kier molecular flexibility index (Phi) is 6.89. The Labute approximate surface area is 114 Å². The second-order valence-corrected chi connectivity index (χ2v) is 4.42. The quantitative estimate of drug-likeness (QED) is 0.597. The number of aromatic carboxylic acids is 1. The number of nitrogens with one attached hydrogen (secondary N) is 2. The average molecular weight is 265 g/mol. The lowest BCUT2D eigenvalue weighted by molar-refractivity contribution is 0.0696. The monoisotopic (exact) mass is 265 g/mol. The molecule has 5 nitrogen and oxygen atoms in total. The molecular weight excluding hydrogens is 242 g/mol. The lowest BCUT2D eigenvalue weighted by atomic mass is 10.1. The first-order chi connectivity index (χ1) is 9.17. The molecule has 0 fully saturated rings. The number of carboxylic acids is 1. The first-order valence-electron chi connectivity index (χ1n) is 6.86. The topological polar surface area (TPSA) is 74.2 Å². The van der Waals surface area contributed by atoms with Crippen LogP contribution in [0.25, 0.3) is 0 Å². The minimum absolute atomic E-state index is 0.299. The number of hydrogen-bond donors (Lipinski definition) is 3. The summed E-state index contributed by atoms with van der Waals surface area (Å²) in [4.78, 5) is 15.5. The van der Waals surface area contributed by atoms with Crippen LogP contribution in [0.4, 0.5) is 5.82 Å². The van der Waals surface area contributed by atoms with Crippen molar-refractivity contribution in [2.24, 2.45) is 0 Å². The predicted molar refractivity (Wildman–Crippen MR) is 76.8 cm³/mol. The molecule has 5 heteroatoms. The molecule has 0 atom stereocenters. The molecule has 3 N–H and O–H groups in total. The number of hydrogen-bond acceptors (Lipinski definition) is 4. The van der Waals surface area contributed by atoms with Crippen LogP contribution < -0.4 is 10.6 Å². The molecule has 1 rings (SSSR count). The minimum atomic E-state index is -0.907. The second kappa shape index (κ2) is 8.48. The lowest BCUT2D eigenvalue weighted by Crippen LogP contribution is -2.17. The van der Waals surface area contributed by atoms with Crippen LogP contribution in [-0.2, 0) is 6.42 Å². The Morgan fingerprint density at radius 3 is 2.74 bits per heavy atom. The van der Waals surface area contributed by atoms with Crippen LogP contribution in [0, 0.1) is 0 Å². The van der Waals surface area contributed by atoms with Gasteiger partial charge in [-0.1, -0.05) is 20.3 Å². The molecule has 0 saturated heterocycles. The maximum atomic E-state index is 11.1. The fourth-order valence-corrected chi connectivity index (χ4v) is 1.79. The fourth-order valence-electron chi connectivity index (χ4n) is 1.79. The van der Waals surface area contributed by atoms with Gasteiger partial charge in [-0.25, -0.2) is 9.78 Å². The van der Waals surface area contributed by atoms with Crippen LogP contribution in [0.2, 0.25) is 0 Å². The van der Waals surface area contributed by atoms with Crippen LogP contribution >= 0.6 is 0 Å². The molecule has 19 heavy (non-hydrogen) atoms. The van der Waals surface area contributed by atoms with Crippen molar-refractivity contribution in [1.82, 2.24) is 10.3 Å². The summed E-state index contributed by atoms with van der Waals surface area (Å²) in [6.45, 7) is 6.83. The van der Waals surface area contributed by atoms with E-state index in [2.05, 4.69) is 29.5 Å². The Balaban J connectivity index is 2.62. The normalized spacial score (nSPS) is 10.4. The number of carboxylic acid groups (broad SMARTS) is 1. The summed E-state index contributed by atoms with van der Waals surface area (Å²) >= 11 is 0. The van der Waals surface area contributed by atoms with Gasteiger partial charge < -0.3 is 15.7 Å². The number of pyridine rings is 1. The van der Waals surface area contributed by atoms with E-state index in [9.17, 15) is 4.79 Å². The molecule has 0 amide bonds. The van der Waals surface area contributed by atoms with E-state index in [-0.39, 0.29) is 0 Å². The van der Waals surface area contributed by atoms with Crippen molar-refractivity contribution in [2.75, 3.05) is 25.0 Å². The van der Waals surface area contributed by atoms with Crippen LogP contribution in [0.5, 0.6) is 0 Å². The van der Waals surface area contributed by atoms with Crippen molar-refractivity contribution in [3.63, 3.8) is 0 Å². The zero-order valence-corrected chi connectivity index (χ0v) is 11.7. The molecule has 0 aliphatic rings. The van der Waals surface area contributed by atoms with Gasteiger partial charge in [-0.15, -0.1) is 0 Å². The van der Waals surface area contributed by atoms with Crippen LogP contribution in [0.3, 0.4) is 0 Å². The van der Waals surface area contributed by atoms with Gasteiger partial charge in [0.25, 0.3) is 0 Å². The highest BCUT2D eigenvalue weighted by atomic mass is 16.4. The molecular formula is C14H23N3O2. The van der Waals surface area contributed by atoms with E-state index in [0.29, 0.717) is 11.4 Å². The Bertz CT molecular complexity index is 408. The summed E-state index contributed by atoms with van der Waals surface area (Å²) in [6.07, 6.45) is 2.74. The molecule has 0 spiro atoms. The molecule has 0 aliphatic carbocycles. The molecule has 0 radical (unpaired) electrons. The van der Waals surface area contributed by atoms with Gasteiger partial charge >= 0.3 is 5.97 Å². The number of anilines is 1. The summed E-state index contributed by atoms with van der Waals surface area (Å²) in [5.41, 5.74) is 1.13. The number of nitrogens with zero attached hydrogens (tertiary/aromatic N) is 1. The molecule has 0 aliphatic heterocycles. The molecule has 0 aromatic carbocycles. The number of carbonyl (C=O) groups is 1. The van der Waals surface area contributed by atoms with Crippen LogP contribution in [0.15, 0.2) is 12.1 Å². The summed E-state index contributed by atoms with van der Waals surface area (Å²) in [6, 6.07) is 3.24. The summed E-state index contributed by atoms with van der Waals surface area (Å²) in [7, 11) is 0. The molecule has 0 bridgehead atoms. The van der Waals surface area contributed by atoms with Crippen molar-refractivity contribution in [2.45, 2.75) is 33.1 Å². The van der Waals surface area contributed by atoms with Crippen molar-refractivity contribution in [1.29, 1.82) is 0 Å². The van der Waals surface area contributed by atoms with Gasteiger partial charge in [-0.3, -0.25) is 0 Å². The largest absolute Gasteiger partial charge is 0.478 e. The standard InChI is InChI=1S/C14H23N3O2/c1-3-6-12-9-11(14(18)19)10-13(17-12)16-8-5-7-15-4-2/h9-10,15H,3-8H2,1-2H3,(H,16,17)(H,18,19). The van der Waals surface area contributed by atoms with Crippen LogP contribution in [0.1, 0.15) is 42.7 Å². The van der Waals surface area contributed by atoms with Crippen molar-refractivity contribution in [3.05, 3.63) is 23.4 Å². The third kappa shape index (κ3) is 5.70. The van der Waals surface area contributed by atoms with E-state index in [0.717, 1.165) is 44.6 Å². The second-order valence-electron chi connectivity index (χ2n) is 4.42. The summed E-state index contributed by atoms with van der Waals surface area (Å²) < 4.78 is 0. The molecule has 106 valence electrons. The van der Waals surface area contributed by atoms with Crippen molar-refractivity contribution in [3.8, 4) is 0 Å². The summed E-state index contributed by atoms with van der Waals surface area (Å²) in [5, 5.41) is 15.5. The van der Waals surface area contributed by atoms with Crippen LogP contribution in [-0.4, -0.2) is 35.7 Å². The Hall–Kier alpha value is -1.62. The Morgan fingerprint density at radius 1 is 1.32 bits per heavy atom. The molecule has 1 aromatic rings. The van der Waals surface area contributed by atoms with E-state index in [1.165, 1.54) is 0 Å². The van der Waals surface area contributed by atoms with Gasteiger partial charge in [-0.05, 0) is 38.1 Å². The van der Waals surface area contributed by atoms with Gasteiger partial charge in [-0.2, -0.15) is 0 Å². The van der Waals surface area contributed by atoms with Gasteiger partial charge in [0.15, 0.2) is 0 Å². The van der Waals surface area contributed by atoms with E-state index in [1.54, 1.807) is 12.1 Å².